The van der Waals surface area contributed by atoms with Crippen LogP contribution in [0.3, 0.4) is 0 Å². The molecule has 0 bridgehead atoms. The average Bonchev–Trinajstić information content (AvgIpc) is 2.71. The first kappa shape index (κ1) is 19.9. The van der Waals surface area contributed by atoms with E-state index in [0.29, 0.717) is 17.9 Å². The van der Waals surface area contributed by atoms with E-state index in [-0.39, 0.29) is 5.91 Å². The number of amides is 1. The SMILES string of the molecule is COCCN1CCN(C(=O)c2ccccc2OCc2cccc(Br)c2)CC1. The summed E-state index contributed by atoms with van der Waals surface area (Å²) in [5, 5.41) is 0. The average molecular weight is 433 g/mol. The number of nitrogens with zero attached hydrogens (tertiary/aromatic N) is 2. The summed E-state index contributed by atoms with van der Waals surface area (Å²) in [4.78, 5) is 17.2. The lowest BCUT2D eigenvalue weighted by atomic mass is 10.1. The van der Waals surface area contributed by atoms with Gasteiger partial charge in [-0.3, -0.25) is 9.69 Å². The normalized spacial score (nSPS) is 15.0. The summed E-state index contributed by atoms with van der Waals surface area (Å²) >= 11 is 3.47. The number of piperazine rings is 1. The quantitative estimate of drug-likeness (QED) is 0.671. The largest absolute Gasteiger partial charge is 0.488 e. The van der Waals surface area contributed by atoms with Gasteiger partial charge in [-0.2, -0.15) is 0 Å². The Labute approximate surface area is 169 Å². The third kappa shape index (κ3) is 5.54. The number of para-hydroxylation sites is 1. The van der Waals surface area contributed by atoms with E-state index in [0.717, 1.165) is 49.4 Å². The molecule has 0 N–H and O–H groups in total. The predicted octanol–water partition coefficient (Wildman–Crippen LogP) is 3.43. The Morgan fingerprint density at radius 2 is 1.85 bits per heavy atom. The minimum atomic E-state index is 0.0335. The first-order valence-electron chi connectivity index (χ1n) is 9.14. The van der Waals surface area contributed by atoms with Crippen LogP contribution in [0.1, 0.15) is 15.9 Å². The molecular formula is C21H25BrN2O3. The highest BCUT2D eigenvalue weighted by molar-refractivity contribution is 9.10. The first-order chi connectivity index (χ1) is 13.2. The smallest absolute Gasteiger partial charge is 0.257 e. The van der Waals surface area contributed by atoms with Crippen molar-refractivity contribution in [3.8, 4) is 5.75 Å². The van der Waals surface area contributed by atoms with Crippen LogP contribution in [-0.2, 0) is 11.3 Å². The number of methoxy groups -OCH3 is 1. The van der Waals surface area contributed by atoms with Crippen LogP contribution in [0.25, 0.3) is 0 Å². The molecule has 6 heteroatoms. The summed E-state index contributed by atoms with van der Waals surface area (Å²) < 4.78 is 12.1. The molecule has 1 aliphatic rings. The molecule has 0 radical (unpaired) electrons. The van der Waals surface area contributed by atoms with E-state index >= 15 is 0 Å². The lowest BCUT2D eigenvalue weighted by molar-refractivity contribution is 0.0590. The Kier molecular flexibility index (Phi) is 7.26. The molecule has 0 saturated carbocycles. The van der Waals surface area contributed by atoms with Gasteiger partial charge in [0.15, 0.2) is 0 Å². The van der Waals surface area contributed by atoms with Gasteiger partial charge in [0.25, 0.3) is 5.91 Å². The van der Waals surface area contributed by atoms with Gasteiger partial charge in [0, 0.05) is 44.3 Å². The molecule has 1 aliphatic heterocycles. The Bertz CT molecular complexity index is 761. The highest BCUT2D eigenvalue weighted by atomic mass is 79.9. The van der Waals surface area contributed by atoms with Crippen molar-refractivity contribution in [3.05, 3.63) is 64.1 Å². The zero-order valence-corrected chi connectivity index (χ0v) is 17.2. The molecule has 5 nitrogen and oxygen atoms in total. The van der Waals surface area contributed by atoms with Gasteiger partial charge in [0.1, 0.15) is 12.4 Å². The summed E-state index contributed by atoms with van der Waals surface area (Å²) in [6.07, 6.45) is 0. The van der Waals surface area contributed by atoms with E-state index in [1.165, 1.54) is 0 Å². The van der Waals surface area contributed by atoms with Gasteiger partial charge >= 0.3 is 0 Å². The maximum atomic E-state index is 13.0. The molecule has 0 unspecified atom stereocenters. The first-order valence-corrected chi connectivity index (χ1v) is 9.93. The van der Waals surface area contributed by atoms with Crippen LogP contribution in [0.4, 0.5) is 0 Å². The maximum absolute atomic E-state index is 13.0. The van der Waals surface area contributed by atoms with Crippen LogP contribution in [0, 0.1) is 0 Å². The van der Waals surface area contributed by atoms with Gasteiger partial charge in [-0.25, -0.2) is 0 Å². The summed E-state index contributed by atoms with van der Waals surface area (Å²) in [7, 11) is 1.71. The molecule has 1 amide bonds. The topological polar surface area (TPSA) is 42.0 Å². The van der Waals surface area contributed by atoms with Crippen molar-refractivity contribution < 1.29 is 14.3 Å². The minimum absolute atomic E-state index is 0.0335. The van der Waals surface area contributed by atoms with E-state index < -0.39 is 0 Å². The Morgan fingerprint density at radius 1 is 1.07 bits per heavy atom. The Hall–Kier alpha value is -1.89. The van der Waals surface area contributed by atoms with Crippen LogP contribution >= 0.6 is 15.9 Å². The number of carbonyl (C=O) groups excluding carboxylic acids is 1. The van der Waals surface area contributed by atoms with E-state index in [1.807, 2.05) is 53.4 Å². The Balaban J connectivity index is 1.62. The van der Waals surface area contributed by atoms with Crippen molar-refractivity contribution >= 4 is 21.8 Å². The van der Waals surface area contributed by atoms with E-state index in [4.69, 9.17) is 9.47 Å². The van der Waals surface area contributed by atoms with E-state index in [2.05, 4.69) is 20.8 Å². The third-order valence-electron chi connectivity index (χ3n) is 4.67. The fourth-order valence-corrected chi connectivity index (χ4v) is 3.57. The molecule has 2 aromatic rings. The number of ether oxygens (including phenoxy) is 2. The number of hydrogen-bond donors (Lipinski definition) is 0. The molecule has 0 atom stereocenters. The summed E-state index contributed by atoms with van der Waals surface area (Å²) in [5.74, 6) is 0.663. The van der Waals surface area contributed by atoms with Crippen LogP contribution in [0.5, 0.6) is 5.75 Å². The molecule has 2 aromatic carbocycles. The zero-order chi connectivity index (χ0) is 19.1. The lowest BCUT2D eigenvalue weighted by Gasteiger charge is -2.34. The van der Waals surface area contributed by atoms with Gasteiger partial charge in [-0.1, -0.05) is 40.2 Å². The second-order valence-electron chi connectivity index (χ2n) is 6.54. The molecule has 3 rings (SSSR count). The number of halogens is 1. The van der Waals surface area contributed by atoms with Crippen molar-refractivity contribution in [2.75, 3.05) is 46.4 Å². The third-order valence-corrected chi connectivity index (χ3v) is 5.17. The molecule has 1 heterocycles. The van der Waals surface area contributed by atoms with Crippen LogP contribution < -0.4 is 4.74 Å². The van der Waals surface area contributed by atoms with Crippen molar-refractivity contribution in [1.82, 2.24) is 9.80 Å². The summed E-state index contributed by atoms with van der Waals surface area (Å²) in [5.41, 5.74) is 1.68. The summed E-state index contributed by atoms with van der Waals surface area (Å²) in [6, 6.07) is 15.5. The molecule has 0 aromatic heterocycles. The van der Waals surface area contributed by atoms with Crippen molar-refractivity contribution in [3.63, 3.8) is 0 Å². The Morgan fingerprint density at radius 3 is 2.59 bits per heavy atom. The summed E-state index contributed by atoms with van der Waals surface area (Å²) in [6.45, 7) is 5.25. The molecule has 144 valence electrons. The van der Waals surface area contributed by atoms with E-state index in [9.17, 15) is 4.79 Å². The lowest BCUT2D eigenvalue weighted by Crippen LogP contribution is -2.49. The second-order valence-corrected chi connectivity index (χ2v) is 7.46. The van der Waals surface area contributed by atoms with Crippen LogP contribution in [0.15, 0.2) is 53.0 Å². The second kappa shape index (κ2) is 9.88. The number of hydrogen-bond acceptors (Lipinski definition) is 4. The monoisotopic (exact) mass is 432 g/mol. The van der Waals surface area contributed by atoms with Gasteiger partial charge in [-0.05, 0) is 29.8 Å². The fraction of sp³-hybridized carbons (Fsp3) is 0.381. The number of benzene rings is 2. The standard InChI is InChI=1S/C21H25BrN2O3/c1-26-14-13-23-9-11-24(12-10-23)21(25)19-7-2-3-8-20(19)27-16-17-5-4-6-18(22)15-17/h2-8,15H,9-14,16H2,1H3. The van der Waals surface area contributed by atoms with Crippen LogP contribution in [-0.4, -0.2) is 62.1 Å². The molecule has 0 aliphatic carbocycles. The van der Waals surface area contributed by atoms with Crippen molar-refractivity contribution in [2.24, 2.45) is 0 Å². The van der Waals surface area contributed by atoms with Gasteiger partial charge in [0.05, 0.1) is 12.2 Å². The van der Waals surface area contributed by atoms with E-state index in [1.54, 1.807) is 7.11 Å². The highest BCUT2D eigenvalue weighted by Gasteiger charge is 2.24. The highest BCUT2D eigenvalue weighted by Crippen LogP contribution is 2.22. The zero-order valence-electron chi connectivity index (χ0n) is 15.6. The molecule has 1 fully saturated rings. The molecule has 1 saturated heterocycles. The van der Waals surface area contributed by atoms with Gasteiger partial charge in [0.2, 0.25) is 0 Å². The predicted molar refractivity (Wildman–Crippen MR) is 109 cm³/mol. The van der Waals surface area contributed by atoms with Crippen molar-refractivity contribution in [2.45, 2.75) is 6.61 Å². The van der Waals surface area contributed by atoms with Crippen LogP contribution in [0.2, 0.25) is 0 Å². The maximum Gasteiger partial charge on any atom is 0.257 e. The molecule has 0 spiro atoms. The van der Waals surface area contributed by atoms with Crippen molar-refractivity contribution in [1.29, 1.82) is 0 Å². The molecular weight excluding hydrogens is 408 g/mol. The van der Waals surface area contributed by atoms with Gasteiger partial charge in [-0.15, -0.1) is 0 Å². The minimum Gasteiger partial charge on any atom is -0.488 e. The molecule has 27 heavy (non-hydrogen) atoms. The fourth-order valence-electron chi connectivity index (χ4n) is 3.12. The number of carbonyl (C=O) groups is 1. The number of rotatable bonds is 7. The van der Waals surface area contributed by atoms with Gasteiger partial charge < -0.3 is 14.4 Å².